The Kier molecular flexibility index (Phi) is 12.6. The molecule has 0 aliphatic rings. The van der Waals surface area contributed by atoms with Gasteiger partial charge in [0.1, 0.15) is 12.1 Å². The van der Waals surface area contributed by atoms with Gasteiger partial charge in [0.25, 0.3) is 0 Å². The fraction of sp³-hybridized carbons (Fsp3) is 0.833. The highest BCUT2D eigenvalue weighted by Crippen LogP contribution is 2.04. The zero-order valence-electron chi connectivity index (χ0n) is 11.7. The third kappa shape index (κ3) is 11.6. The Hall–Kier alpha value is -1.18. The van der Waals surface area contributed by atoms with Crippen molar-refractivity contribution < 1.29 is 19.8 Å². The highest BCUT2D eigenvalue weighted by atomic mass is 16.4. The molecule has 0 aromatic carbocycles. The molecule has 3 atom stereocenters. The molecule has 8 N–H and O–H groups in total. The highest BCUT2D eigenvalue weighted by molar-refractivity contribution is 5.73. The van der Waals surface area contributed by atoms with Crippen molar-refractivity contribution in [3.8, 4) is 0 Å². The molecule has 0 radical (unpaired) electrons. The number of nitrogens with two attached hydrogens (primary N) is 3. The summed E-state index contributed by atoms with van der Waals surface area (Å²) in [5.41, 5.74) is 15.7. The van der Waals surface area contributed by atoms with Crippen LogP contribution in [-0.4, -0.2) is 40.8 Å². The molecule has 3 unspecified atom stereocenters. The Labute approximate surface area is 114 Å². The quantitative estimate of drug-likeness (QED) is 0.390. The van der Waals surface area contributed by atoms with Crippen LogP contribution in [0.25, 0.3) is 0 Å². The normalized spacial score (nSPS) is 14.8. The Balaban J connectivity index is 0. The lowest BCUT2D eigenvalue weighted by atomic mass is 10.0. The standard InChI is InChI=1S/C6H14N2O2.C6H13NO2/c7-4-2-1-3-5(8)6(9)10;1-3-4(2)5(7)6(8)9/h5H,1-4,7-8H2,(H,9,10);4-5H,3,7H2,1-2H3,(H,8,9). The zero-order chi connectivity index (χ0) is 15.4. The second-order valence-corrected chi connectivity index (χ2v) is 4.48. The molecule has 0 spiro atoms. The Morgan fingerprint density at radius 1 is 1.11 bits per heavy atom. The minimum Gasteiger partial charge on any atom is -0.480 e. The molecule has 0 saturated heterocycles. The Morgan fingerprint density at radius 3 is 1.89 bits per heavy atom. The highest BCUT2D eigenvalue weighted by Gasteiger charge is 2.17. The fourth-order valence-corrected chi connectivity index (χ4v) is 1.13. The van der Waals surface area contributed by atoms with E-state index in [0.29, 0.717) is 13.0 Å². The molecule has 0 saturated carbocycles. The Bertz CT molecular complexity index is 261. The molecule has 114 valence electrons. The number of rotatable bonds is 8. The van der Waals surface area contributed by atoms with Crippen molar-refractivity contribution in [2.75, 3.05) is 6.54 Å². The maximum atomic E-state index is 10.2. The van der Waals surface area contributed by atoms with E-state index in [1.165, 1.54) is 0 Å². The first-order chi connectivity index (χ1) is 8.77. The molecule has 0 aromatic heterocycles. The molecule has 7 heteroatoms. The van der Waals surface area contributed by atoms with Crippen LogP contribution in [0.5, 0.6) is 0 Å². The first-order valence-electron chi connectivity index (χ1n) is 6.44. The fourth-order valence-electron chi connectivity index (χ4n) is 1.13. The van der Waals surface area contributed by atoms with E-state index in [1.54, 1.807) is 0 Å². The summed E-state index contributed by atoms with van der Waals surface area (Å²) in [6.07, 6.45) is 2.98. The Morgan fingerprint density at radius 2 is 1.63 bits per heavy atom. The van der Waals surface area contributed by atoms with E-state index < -0.39 is 24.0 Å². The van der Waals surface area contributed by atoms with Gasteiger partial charge in [-0.05, 0) is 25.3 Å². The second kappa shape index (κ2) is 11.9. The summed E-state index contributed by atoms with van der Waals surface area (Å²) in [6, 6.07) is -1.42. The van der Waals surface area contributed by atoms with Gasteiger partial charge in [-0.3, -0.25) is 9.59 Å². The average Bonchev–Trinajstić information content (AvgIpc) is 2.37. The largest absolute Gasteiger partial charge is 0.480 e. The van der Waals surface area contributed by atoms with Crippen molar-refractivity contribution in [2.45, 2.75) is 51.6 Å². The minimum atomic E-state index is -0.933. The summed E-state index contributed by atoms with van der Waals surface area (Å²) < 4.78 is 0. The lowest BCUT2D eigenvalue weighted by Gasteiger charge is -2.11. The average molecular weight is 277 g/mol. The molecule has 0 fully saturated rings. The van der Waals surface area contributed by atoms with Gasteiger partial charge in [-0.15, -0.1) is 0 Å². The topological polar surface area (TPSA) is 153 Å². The van der Waals surface area contributed by atoms with Gasteiger partial charge < -0.3 is 27.4 Å². The number of aliphatic carboxylic acids is 2. The van der Waals surface area contributed by atoms with Crippen LogP contribution < -0.4 is 17.2 Å². The van der Waals surface area contributed by atoms with Gasteiger partial charge in [0.05, 0.1) is 0 Å². The monoisotopic (exact) mass is 277 g/mol. The third-order valence-electron chi connectivity index (χ3n) is 2.83. The lowest BCUT2D eigenvalue weighted by Crippen LogP contribution is -2.36. The predicted octanol–water partition coefficient (Wildman–Crippen LogP) is -0.0283. The maximum Gasteiger partial charge on any atom is 0.320 e. The van der Waals surface area contributed by atoms with Crippen molar-refractivity contribution in [2.24, 2.45) is 23.1 Å². The first-order valence-corrected chi connectivity index (χ1v) is 6.44. The molecule has 0 bridgehead atoms. The molecule has 0 heterocycles. The van der Waals surface area contributed by atoms with Crippen molar-refractivity contribution in [3.05, 3.63) is 0 Å². The number of carboxylic acids is 2. The van der Waals surface area contributed by atoms with E-state index in [9.17, 15) is 9.59 Å². The van der Waals surface area contributed by atoms with Gasteiger partial charge in [-0.1, -0.05) is 26.7 Å². The van der Waals surface area contributed by atoms with Crippen LogP contribution in [0, 0.1) is 5.92 Å². The van der Waals surface area contributed by atoms with E-state index in [-0.39, 0.29) is 5.92 Å². The lowest BCUT2D eigenvalue weighted by molar-refractivity contribution is -0.140. The van der Waals surface area contributed by atoms with Gasteiger partial charge in [-0.2, -0.15) is 0 Å². The second-order valence-electron chi connectivity index (χ2n) is 4.48. The zero-order valence-corrected chi connectivity index (χ0v) is 11.7. The van der Waals surface area contributed by atoms with Crippen LogP contribution in [0.4, 0.5) is 0 Å². The summed E-state index contributed by atoms with van der Waals surface area (Å²) in [6.45, 7) is 4.36. The first kappa shape index (κ1) is 20.1. The number of hydrogen-bond donors (Lipinski definition) is 5. The molecule has 0 aliphatic carbocycles. The van der Waals surface area contributed by atoms with Crippen LogP contribution in [0.2, 0.25) is 0 Å². The summed E-state index contributed by atoms with van der Waals surface area (Å²) in [7, 11) is 0. The molecule has 19 heavy (non-hydrogen) atoms. The molecule has 0 rings (SSSR count). The van der Waals surface area contributed by atoms with Gasteiger partial charge >= 0.3 is 11.9 Å². The van der Waals surface area contributed by atoms with Crippen molar-refractivity contribution >= 4 is 11.9 Å². The van der Waals surface area contributed by atoms with E-state index in [0.717, 1.165) is 19.3 Å². The van der Waals surface area contributed by atoms with Crippen molar-refractivity contribution in [1.82, 2.24) is 0 Å². The van der Waals surface area contributed by atoms with E-state index in [4.69, 9.17) is 27.4 Å². The summed E-state index contributed by atoms with van der Waals surface area (Å²) in [5.74, 6) is -1.77. The van der Waals surface area contributed by atoms with E-state index in [1.807, 2.05) is 13.8 Å². The minimum absolute atomic E-state index is 0.0718. The van der Waals surface area contributed by atoms with Gasteiger partial charge in [-0.25, -0.2) is 0 Å². The predicted molar refractivity (Wildman–Crippen MR) is 73.6 cm³/mol. The maximum absolute atomic E-state index is 10.2. The summed E-state index contributed by atoms with van der Waals surface area (Å²) in [5, 5.41) is 16.7. The van der Waals surface area contributed by atoms with Crippen LogP contribution in [0.1, 0.15) is 39.5 Å². The molecule has 0 aromatic rings. The summed E-state index contributed by atoms with van der Waals surface area (Å²) >= 11 is 0. The number of carbonyl (C=O) groups is 2. The van der Waals surface area contributed by atoms with E-state index in [2.05, 4.69) is 0 Å². The van der Waals surface area contributed by atoms with Crippen molar-refractivity contribution in [3.63, 3.8) is 0 Å². The van der Waals surface area contributed by atoms with Crippen LogP contribution in [-0.2, 0) is 9.59 Å². The molecule has 0 amide bonds. The van der Waals surface area contributed by atoms with Crippen LogP contribution in [0.3, 0.4) is 0 Å². The van der Waals surface area contributed by atoms with E-state index >= 15 is 0 Å². The van der Waals surface area contributed by atoms with Gasteiger partial charge in [0.15, 0.2) is 0 Å². The van der Waals surface area contributed by atoms with Crippen molar-refractivity contribution in [1.29, 1.82) is 0 Å². The van der Waals surface area contributed by atoms with Crippen LogP contribution >= 0.6 is 0 Å². The molecular weight excluding hydrogens is 250 g/mol. The van der Waals surface area contributed by atoms with Gasteiger partial charge in [0.2, 0.25) is 0 Å². The van der Waals surface area contributed by atoms with Gasteiger partial charge in [0, 0.05) is 0 Å². The SMILES string of the molecule is CCC(C)C(N)C(=O)O.NCCCCC(N)C(=O)O. The molecule has 0 aliphatic heterocycles. The number of carboxylic acid groups (broad SMARTS) is 2. The molecule has 7 nitrogen and oxygen atoms in total. The number of hydrogen-bond acceptors (Lipinski definition) is 5. The summed E-state index contributed by atoms with van der Waals surface area (Å²) in [4.78, 5) is 20.3. The number of unbranched alkanes of at least 4 members (excludes halogenated alkanes) is 1. The smallest absolute Gasteiger partial charge is 0.320 e. The molecular formula is C12H27N3O4. The third-order valence-corrected chi connectivity index (χ3v) is 2.83. The van der Waals surface area contributed by atoms with Crippen LogP contribution in [0.15, 0.2) is 0 Å².